The lowest BCUT2D eigenvalue weighted by Crippen LogP contribution is -2.30. The first kappa shape index (κ1) is 15.5. The lowest BCUT2D eigenvalue weighted by atomic mass is 10.2. The molecule has 0 aliphatic heterocycles. The fraction of sp³-hybridized carbons (Fsp3) is 0.188. The van der Waals surface area contributed by atoms with Crippen LogP contribution in [0, 0.1) is 12.7 Å². The molecule has 2 aromatic carbocycles. The summed E-state index contributed by atoms with van der Waals surface area (Å²) in [4.78, 5) is 12.0. The third kappa shape index (κ3) is 4.29. The average Bonchev–Trinajstić information content (AvgIpc) is 2.44. The minimum absolute atomic E-state index is 0.297. The van der Waals surface area contributed by atoms with Crippen molar-refractivity contribution in [3.63, 3.8) is 0 Å². The van der Waals surface area contributed by atoms with Gasteiger partial charge in [-0.2, -0.15) is 0 Å². The van der Waals surface area contributed by atoms with E-state index < -0.39 is 6.10 Å². The average molecular weight is 352 g/mol. The molecule has 0 fully saturated rings. The molecule has 110 valence electrons. The van der Waals surface area contributed by atoms with E-state index in [1.165, 1.54) is 24.3 Å². The van der Waals surface area contributed by atoms with Gasteiger partial charge in [-0.25, -0.2) is 4.39 Å². The van der Waals surface area contributed by atoms with Crippen LogP contribution in [0.2, 0.25) is 0 Å². The van der Waals surface area contributed by atoms with Crippen molar-refractivity contribution in [3.8, 4) is 5.75 Å². The Kier molecular flexibility index (Phi) is 4.96. The summed E-state index contributed by atoms with van der Waals surface area (Å²) in [5, 5.41) is 2.67. The van der Waals surface area contributed by atoms with Crippen LogP contribution < -0.4 is 10.1 Å². The summed E-state index contributed by atoms with van der Waals surface area (Å²) in [7, 11) is 0. The molecule has 0 bridgehead atoms. The Morgan fingerprint density at radius 3 is 2.52 bits per heavy atom. The van der Waals surface area contributed by atoms with E-state index in [0.717, 1.165) is 10.0 Å². The standard InChI is InChI=1S/C16H15BrFNO2/c1-10-3-8-15(14(17)9-10)21-11(2)16(20)19-13-6-4-12(18)5-7-13/h3-9,11H,1-2H3,(H,19,20). The number of carbonyl (C=O) groups is 1. The molecule has 0 saturated heterocycles. The Morgan fingerprint density at radius 1 is 1.24 bits per heavy atom. The van der Waals surface area contributed by atoms with Gasteiger partial charge in [0.2, 0.25) is 0 Å². The number of hydrogen-bond donors (Lipinski definition) is 1. The lowest BCUT2D eigenvalue weighted by Gasteiger charge is -2.16. The molecule has 1 unspecified atom stereocenters. The fourth-order valence-corrected chi connectivity index (χ4v) is 2.31. The SMILES string of the molecule is Cc1ccc(OC(C)C(=O)Nc2ccc(F)cc2)c(Br)c1. The molecule has 0 radical (unpaired) electrons. The van der Waals surface area contributed by atoms with Crippen LogP contribution in [0.25, 0.3) is 0 Å². The third-order valence-corrected chi connectivity index (χ3v) is 3.49. The van der Waals surface area contributed by atoms with E-state index in [-0.39, 0.29) is 11.7 Å². The topological polar surface area (TPSA) is 38.3 Å². The second-order valence-corrected chi connectivity index (χ2v) is 5.54. The monoisotopic (exact) mass is 351 g/mol. The smallest absolute Gasteiger partial charge is 0.265 e. The maximum atomic E-state index is 12.8. The first-order valence-corrected chi connectivity index (χ1v) is 7.24. The number of carbonyl (C=O) groups excluding carboxylic acids is 1. The molecule has 0 heterocycles. The summed E-state index contributed by atoms with van der Waals surface area (Å²) in [5.41, 5.74) is 1.62. The summed E-state index contributed by atoms with van der Waals surface area (Å²) in [6.45, 7) is 3.63. The highest BCUT2D eigenvalue weighted by Crippen LogP contribution is 2.26. The number of amides is 1. The zero-order chi connectivity index (χ0) is 15.4. The van der Waals surface area contributed by atoms with Gasteiger partial charge in [-0.3, -0.25) is 4.79 Å². The van der Waals surface area contributed by atoms with Crippen LogP contribution in [0.5, 0.6) is 5.75 Å². The third-order valence-electron chi connectivity index (χ3n) is 2.87. The van der Waals surface area contributed by atoms with Crippen LogP contribution in [0.4, 0.5) is 10.1 Å². The predicted molar refractivity (Wildman–Crippen MR) is 84.0 cm³/mol. The molecule has 3 nitrogen and oxygen atoms in total. The summed E-state index contributed by atoms with van der Waals surface area (Å²) in [6.07, 6.45) is -0.672. The maximum Gasteiger partial charge on any atom is 0.265 e. The Balaban J connectivity index is 2.00. The number of rotatable bonds is 4. The largest absolute Gasteiger partial charge is 0.480 e. The van der Waals surface area contributed by atoms with E-state index >= 15 is 0 Å². The van der Waals surface area contributed by atoms with Crippen molar-refractivity contribution >= 4 is 27.5 Å². The van der Waals surface area contributed by atoms with Gasteiger partial charge in [-0.15, -0.1) is 0 Å². The van der Waals surface area contributed by atoms with E-state index in [2.05, 4.69) is 21.2 Å². The zero-order valence-electron chi connectivity index (χ0n) is 11.7. The van der Waals surface area contributed by atoms with Gasteiger partial charge in [0.25, 0.3) is 5.91 Å². The number of hydrogen-bond acceptors (Lipinski definition) is 2. The Labute approximate surface area is 131 Å². The summed E-state index contributed by atoms with van der Waals surface area (Å²) in [5.74, 6) is -0.0441. The maximum absolute atomic E-state index is 12.8. The highest BCUT2D eigenvalue weighted by atomic mass is 79.9. The number of anilines is 1. The van der Waals surface area contributed by atoms with Crippen LogP contribution in [0.15, 0.2) is 46.9 Å². The minimum Gasteiger partial charge on any atom is -0.480 e. The molecule has 1 atom stereocenters. The molecule has 1 N–H and O–H groups in total. The number of nitrogens with one attached hydrogen (secondary N) is 1. The number of aryl methyl sites for hydroxylation is 1. The molecule has 1 amide bonds. The van der Waals surface area contributed by atoms with E-state index in [1.807, 2.05) is 19.1 Å². The number of ether oxygens (including phenoxy) is 1. The summed E-state index contributed by atoms with van der Waals surface area (Å²) >= 11 is 3.40. The molecule has 2 aromatic rings. The van der Waals surface area contributed by atoms with Crippen LogP contribution in [0.3, 0.4) is 0 Å². The Bertz CT molecular complexity index is 643. The molecular formula is C16H15BrFNO2. The molecule has 0 aromatic heterocycles. The van der Waals surface area contributed by atoms with Crippen LogP contribution in [0.1, 0.15) is 12.5 Å². The van der Waals surface area contributed by atoms with Crippen molar-refractivity contribution in [2.75, 3.05) is 5.32 Å². The van der Waals surface area contributed by atoms with Crippen molar-refractivity contribution in [1.29, 1.82) is 0 Å². The van der Waals surface area contributed by atoms with Crippen LogP contribution in [-0.2, 0) is 4.79 Å². The highest BCUT2D eigenvalue weighted by molar-refractivity contribution is 9.10. The van der Waals surface area contributed by atoms with Gasteiger partial charge in [-0.05, 0) is 71.7 Å². The van der Waals surface area contributed by atoms with E-state index in [4.69, 9.17) is 4.74 Å². The van der Waals surface area contributed by atoms with Gasteiger partial charge < -0.3 is 10.1 Å². The molecule has 21 heavy (non-hydrogen) atoms. The first-order chi connectivity index (χ1) is 9.95. The summed E-state index contributed by atoms with van der Waals surface area (Å²) in [6, 6.07) is 11.2. The van der Waals surface area contributed by atoms with E-state index in [9.17, 15) is 9.18 Å². The van der Waals surface area contributed by atoms with Crippen molar-refractivity contribution in [3.05, 3.63) is 58.3 Å². The number of benzene rings is 2. The molecule has 2 rings (SSSR count). The first-order valence-electron chi connectivity index (χ1n) is 6.45. The van der Waals surface area contributed by atoms with Crippen molar-refractivity contribution in [2.45, 2.75) is 20.0 Å². The molecule has 0 aliphatic carbocycles. The molecule has 0 aliphatic rings. The van der Waals surface area contributed by atoms with Gasteiger partial charge in [0.05, 0.1) is 4.47 Å². The quantitative estimate of drug-likeness (QED) is 0.891. The normalized spacial score (nSPS) is 11.8. The van der Waals surface area contributed by atoms with Gasteiger partial charge in [0, 0.05) is 5.69 Å². The molecule has 5 heteroatoms. The van der Waals surface area contributed by atoms with Crippen LogP contribution in [-0.4, -0.2) is 12.0 Å². The predicted octanol–water partition coefficient (Wildman–Crippen LogP) is 4.30. The van der Waals surface area contributed by atoms with E-state index in [0.29, 0.717) is 11.4 Å². The molecular weight excluding hydrogens is 337 g/mol. The number of halogens is 2. The Morgan fingerprint density at radius 2 is 1.90 bits per heavy atom. The van der Waals surface area contributed by atoms with Crippen LogP contribution >= 0.6 is 15.9 Å². The van der Waals surface area contributed by atoms with Gasteiger partial charge >= 0.3 is 0 Å². The second kappa shape index (κ2) is 6.72. The van der Waals surface area contributed by atoms with Gasteiger partial charge in [0.1, 0.15) is 11.6 Å². The molecule has 0 spiro atoms. The second-order valence-electron chi connectivity index (χ2n) is 4.69. The minimum atomic E-state index is -0.672. The fourth-order valence-electron chi connectivity index (χ4n) is 1.72. The summed E-state index contributed by atoms with van der Waals surface area (Å²) < 4.78 is 19.2. The van der Waals surface area contributed by atoms with Crippen molar-refractivity contribution in [1.82, 2.24) is 0 Å². The Hall–Kier alpha value is -1.88. The van der Waals surface area contributed by atoms with Gasteiger partial charge in [0.15, 0.2) is 6.10 Å². The van der Waals surface area contributed by atoms with E-state index in [1.54, 1.807) is 13.0 Å². The van der Waals surface area contributed by atoms with Crippen molar-refractivity contribution < 1.29 is 13.9 Å². The lowest BCUT2D eigenvalue weighted by molar-refractivity contribution is -0.122. The van der Waals surface area contributed by atoms with Gasteiger partial charge in [-0.1, -0.05) is 6.07 Å². The highest BCUT2D eigenvalue weighted by Gasteiger charge is 2.16. The van der Waals surface area contributed by atoms with Crippen molar-refractivity contribution in [2.24, 2.45) is 0 Å². The molecule has 0 saturated carbocycles. The zero-order valence-corrected chi connectivity index (χ0v) is 13.3.